The van der Waals surface area contributed by atoms with Crippen molar-refractivity contribution >= 4 is 44.7 Å². The number of aromatic nitrogens is 2. The summed E-state index contributed by atoms with van der Waals surface area (Å²) < 4.78 is 0.832. The lowest BCUT2D eigenvalue weighted by Gasteiger charge is -2.06. The van der Waals surface area contributed by atoms with Crippen molar-refractivity contribution in [1.29, 1.82) is 0 Å². The fraction of sp³-hybridized carbons (Fsp3) is 0. The highest BCUT2D eigenvalue weighted by Gasteiger charge is 2.20. The summed E-state index contributed by atoms with van der Waals surface area (Å²) >= 11 is 2.14. The number of thiophene rings is 1. The van der Waals surface area contributed by atoms with Crippen LogP contribution in [0.4, 0.5) is 11.4 Å². The van der Waals surface area contributed by atoms with Crippen molar-refractivity contribution in [2.24, 2.45) is 0 Å². The molecule has 0 bridgehead atoms. The number of fused-ring (bicyclic) bond motifs is 1. The zero-order valence-electron chi connectivity index (χ0n) is 14.9. The molecule has 0 aliphatic rings. The van der Waals surface area contributed by atoms with Gasteiger partial charge in [-0.05, 0) is 23.4 Å². The first-order chi connectivity index (χ1) is 14.3. The molecule has 150 valence electrons. The van der Waals surface area contributed by atoms with Crippen LogP contribution in [0.25, 0.3) is 20.7 Å². The summed E-state index contributed by atoms with van der Waals surface area (Å²) in [7, 11) is 0. The summed E-state index contributed by atoms with van der Waals surface area (Å²) in [6.07, 6.45) is 0. The Bertz CT molecular complexity index is 1330. The van der Waals surface area contributed by atoms with E-state index in [1.54, 1.807) is 6.07 Å². The number of rotatable bonds is 5. The Hall–Kier alpha value is -3.77. The van der Waals surface area contributed by atoms with Gasteiger partial charge in [-0.25, -0.2) is 9.66 Å². The molecule has 4 aromatic rings. The van der Waals surface area contributed by atoms with Crippen LogP contribution < -0.4 is 11.4 Å². The van der Waals surface area contributed by atoms with Crippen LogP contribution in [0.15, 0.2) is 69.4 Å². The third-order valence-corrected chi connectivity index (χ3v) is 6.15. The molecule has 2 aromatic heterocycles. The summed E-state index contributed by atoms with van der Waals surface area (Å²) in [5, 5.41) is 22.6. The molecule has 0 spiro atoms. The summed E-state index contributed by atoms with van der Waals surface area (Å²) in [5.74, 6) is 5.90. The third-order valence-electron chi connectivity index (χ3n) is 4.13. The van der Waals surface area contributed by atoms with E-state index in [0.29, 0.717) is 10.2 Å². The zero-order valence-corrected chi connectivity index (χ0v) is 16.6. The Morgan fingerprint density at radius 2 is 1.63 bits per heavy atom. The molecule has 2 aromatic carbocycles. The predicted octanol–water partition coefficient (Wildman–Crippen LogP) is 3.81. The number of nitrogens with zero attached hydrogens (tertiary/aromatic N) is 4. The van der Waals surface area contributed by atoms with Crippen LogP contribution >= 0.6 is 23.1 Å². The largest absolute Gasteiger partial charge is 0.334 e. The second kappa shape index (κ2) is 7.57. The molecule has 10 nitrogen and oxygen atoms in total. The lowest BCUT2D eigenvalue weighted by molar-refractivity contribution is -0.394. The van der Waals surface area contributed by atoms with Crippen LogP contribution in [-0.2, 0) is 0 Å². The second-order valence-electron chi connectivity index (χ2n) is 6.07. The van der Waals surface area contributed by atoms with Gasteiger partial charge >= 0.3 is 0 Å². The van der Waals surface area contributed by atoms with E-state index in [1.807, 2.05) is 30.3 Å². The zero-order chi connectivity index (χ0) is 21.4. The maximum absolute atomic E-state index is 12.7. The van der Waals surface area contributed by atoms with Gasteiger partial charge < -0.3 is 5.84 Å². The highest BCUT2D eigenvalue weighted by atomic mass is 32.2. The van der Waals surface area contributed by atoms with Gasteiger partial charge in [0.15, 0.2) is 5.16 Å². The van der Waals surface area contributed by atoms with Gasteiger partial charge in [-0.1, -0.05) is 30.3 Å². The van der Waals surface area contributed by atoms with Crippen molar-refractivity contribution in [2.45, 2.75) is 10.1 Å². The number of nitro groups is 2. The molecule has 2 N–H and O–H groups in total. The lowest BCUT2D eigenvalue weighted by Crippen LogP contribution is -2.29. The van der Waals surface area contributed by atoms with Gasteiger partial charge in [0.05, 0.1) is 21.3 Å². The van der Waals surface area contributed by atoms with Crippen LogP contribution in [0.1, 0.15) is 0 Å². The Kier molecular flexibility index (Phi) is 4.93. The molecule has 0 unspecified atom stereocenters. The van der Waals surface area contributed by atoms with Crippen molar-refractivity contribution in [1.82, 2.24) is 9.66 Å². The first kappa shape index (κ1) is 19.5. The van der Waals surface area contributed by atoms with Gasteiger partial charge in [0.1, 0.15) is 4.83 Å². The first-order valence-corrected chi connectivity index (χ1v) is 9.95. The van der Waals surface area contributed by atoms with Gasteiger partial charge in [0.25, 0.3) is 16.9 Å². The summed E-state index contributed by atoms with van der Waals surface area (Å²) in [6.45, 7) is 0. The van der Waals surface area contributed by atoms with Crippen LogP contribution in [0.3, 0.4) is 0 Å². The highest BCUT2D eigenvalue weighted by Crippen LogP contribution is 2.35. The molecule has 0 saturated heterocycles. The van der Waals surface area contributed by atoms with Crippen molar-refractivity contribution in [3.8, 4) is 10.4 Å². The first-order valence-electron chi connectivity index (χ1n) is 8.32. The van der Waals surface area contributed by atoms with E-state index in [0.717, 1.165) is 45.1 Å². The molecule has 0 radical (unpaired) electrons. The van der Waals surface area contributed by atoms with E-state index in [-0.39, 0.29) is 10.1 Å². The Labute approximate surface area is 175 Å². The monoisotopic (exact) mass is 441 g/mol. The minimum absolute atomic E-state index is 0.0590. The molecule has 0 aliphatic carbocycles. The number of benzene rings is 2. The van der Waals surface area contributed by atoms with Crippen molar-refractivity contribution in [3.05, 3.63) is 85.2 Å². The molecule has 4 rings (SSSR count). The molecular weight excluding hydrogens is 430 g/mol. The van der Waals surface area contributed by atoms with Crippen LogP contribution in [0.5, 0.6) is 0 Å². The van der Waals surface area contributed by atoms with E-state index in [4.69, 9.17) is 5.84 Å². The van der Waals surface area contributed by atoms with Gasteiger partial charge in [0.2, 0.25) is 0 Å². The fourth-order valence-corrected chi connectivity index (χ4v) is 4.71. The number of nitrogens with two attached hydrogens (primary N) is 1. The Balaban J connectivity index is 1.80. The summed E-state index contributed by atoms with van der Waals surface area (Å²) in [5.41, 5.74) is -0.449. The van der Waals surface area contributed by atoms with Crippen LogP contribution in [-0.4, -0.2) is 19.5 Å². The Morgan fingerprint density at radius 3 is 2.23 bits per heavy atom. The van der Waals surface area contributed by atoms with Gasteiger partial charge in [-0.15, -0.1) is 11.3 Å². The van der Waals surface area contributed by atoms with E-state index < -0.39 is 26.8 Å². The number of hydrogen-bond acceptors (Lipinski definition) is 9. The minimum Gasteiger partial charge on any atom is -0.334 e. The molecule has 0 fully saturated rings. The normalized spacial score (nSPS) is 10.9. The second-order valence-corrected chi connectivity index (χ2v) is 8.14. The number of nitro benzene ring substituents is 2. The van der Waals surface area contributed by atoms with E-state index in [9.17, 15) is 25.0 Å². The molecule has 12 heteroatoms. The number of hydrogen-bond donors (Lipinski definition) is 1. The molecule has 30 heavy (non-hydrogen) atoms. The molecule has 2 heterocycles. The quantitative estimate of drug-likeness (QED) is 0.213. The minimum atomic E-state index is -0.728. The average Bonchev–Trinajstić information content (AvgIpc) is 3.16. The van der Waals surface area contributed by atoms with E-state index in [2.05, 4.69) is 4.98 Å². The van der Waals surface area contributed by atoms with Crippen LogP contribution in [0, 0.1) is 20.2 Å². The SMILES string of the molecule is Nn1c(Sc2cc([N+](=O)[O-])cc([N+](=O)[O-])c2)nc2sc(-c3ccccc3)cc2c1=O. The summed E-state index contributed by atoms with van der Waals surface area (Å²) in [6, 6.07) is 14.4. The van der Waals surface area contributed by atoms with Crippen molar-refractivity contribution < 1.29 is 9.85 Å². The Morgan fingerprint density at radius 1 is 1.00 bits per heavy atom. The molecular formula is C18H11N5O5S2. The van der Waals surface area contributed by atoms with Crippen molar-refractivity contribution in [2.75, 3.05) is 5.84 Å². The average molecular weight is 441 g/mol. The standard InChI is InChI=1S/C18H11N5O5S2/c19-21-17(24)14-9-15(10-4-2-1-3-5-10)30-16(14)20-18(21)29-13-7-11(22(25)26)6-12(8-13)23(27)28/h1-9H,19H2. The number of nitrogen functional groups attached to an aromatic ring is 1. The fourth-order valence-electron chi connectivity index (χ4n) is 2.73. The molecule has 0 amide bonds. The third kappa shape index (κ3) is 3.60. The maximum atomic E-state index is 12.7. The van der Waals surface area contributed by atoms with E-state index >= 15 is 0 Å². The van der Waals surface area contributed by atoms with Crippen molar-refractivity contribution in [3.63, 3.8) is 0 Å². The molecule has 0 saturated carbocycles. The van der Waals surface area contributed by atoms with Crippen LogP contribution in [0.2, 0.25) is 0 Å². The van der Waals surface area contributed by atoms with E-state index in [1.165, 1.54) is 11.3 Å². The smallest absolute Gasteiger partial charge is 0.281 e. The van der Waals surface area contributed by atoms with Gasteiger partial charge in [-0.3, -0.25) is 25.0 Å². The topological polar surface area (TPSA) is 147 Å². The predicted molar refractivity (Wildman–Crippen MR) is 113 cm³/mol. The number of non-ortho nitro benzene ring substituents is 2. The van der Waals surface area contributed by atoms with Gasteiger partial charge in [-0.2, -0.15) is 0 Å². The summed E-state index contributed by atoms with van der Waals surface area (Å²) in [4.78, 5) is 39.3. The lowest BCUT2D eigenvalue weighted by atomic mass is 10.2. The highest BCUT2D eigenvalue weighted by molar-refractivity contribution is 7.99. The maximum Gasteiger partial charge on any atom is 0.281 e. The van der Waals surface area contributed by atoms with Gasteiger partial charge in [0, 0.05) is 21.9 Å². The molecule has 0 aliphatic heterocycles. The molecule has 0 atom stereocenters.